The van der Waals surface area contributed by atoms with Gasteiger partial charge in [-0.15, -0.1) is 0 Å². The van der Waals surface area contributed by atoms with Gasteiger partial charge in [0.05, 0.1) is 5.69 Å². The Morgan fingerprint density at radius 3 is 2.82 bits per heavy atom. The van der Waals surface area contributed by atoms with Crippen LogP contribution in [0.2, 0.25) is 0 Å². The van der Waals surface area contributed by atoms with E-state index in [4.69, 9.17) is 4.74 Å². The molecule has 0 radical (unpaired) electrons. The summed E-state index contributed by atoms with van der Waals surface area (Å²) in [7, 11) is 0. The second-order valence-electron chi connectivity index (χ2n) is 3.67. The lowest BCUT2D eigenvalue weighted by Gasteiger charge is -2.30. The lowest BCUT2D eigenvalue weighted by atomic mass is 10.2. The fourth-order valence-corrected chi connectivity index (χ4v) is 1.85. The third-order valence-electron chi connectivity index (χ3n) is 2.60. The number of benzene rings is 1. The highest BCUT2D eigenvalue weighted by atomic mass is 16.6. The maximum absolute atomic E-state index is 11.9. The number of H-pyrrole nitrogens is 1. The number of carbonyl (C=O) groups excluding carboxylic acids is 1. The van der Waals surface area contributed by atoms with Crippen LogP contribution in [0.4, 0.5) is 11.5 Å². The summed E-state index contributed by atoms with van der Waals surface area (Å²) in [6.07, 6.45) is 0.251. The van der Waals surface area contributed by atoms with Crippen LogP contribution in [0.3, 0.4) is 0 Å². The summed E-state index contributed by atoms with van der Waals surface area (Å²) in [6, 6.07) is 10.6. The number of aliphatic hydroxyl groups excluding tert-OH is 1. The molecule has 1 unspecified atom stereocenters. The van der Waals surface area contributed by atoms with Crippen LogP contribution in [0.15, 0.2) is 42.6 Å². The summed E-state index contributed by atoms with van der Waals surface area (Å²) in [6.45, 7) is 0. The number of amides is 1. The Morgan fingerprint density at radius 1 is 1.24 bits per heavy atom. The Hall–Kier alpha value is -2.27. The highest BCUT2D eigenvalue weighted by molar-refractivity contribution is 6.04. The molecule has 5 nitrogen and oxygen atoms in total. The van der Waals surface area contributed by atoms with Crippen molar-refractivity contribution in [3.8, 4) is 5.75 Å². The summed E-state index contributed by atoms with van der Waals surface area (Å²) in [5.41, 5.74) is 0.616. The van der Waals surface area contributed by atoms with E-state index < -0.39 is 12.2 Å². The molecule has 2 N–H and O–H groups in total. The molecule has 5 heteroatoms. The van der Waals surface area contributed by atoms with Crippen molar-refractivity contribution >= 4 is 17.4 Å². The molecular formula is C12H10N2O3. The van der Waals surface area contributed by atoms with Crippen molar-refractivity contribution in [3.63, 3.8) is 0 Å². The van der Waals surface area contributed by atoms with Crippen LogP contribution in [0.5, 0.6) is 5.75 Å². The van der Waals surface area contributed by atoms with Gasteiger partial charge in [-0.25, -0.2) is 0 Å². The quantitative estimate of drug-likeness (QED) is 0.778. The molecule has 1 aliphatic rings. The Kier molecular flexibility index (Phi) is 2.12. The predicted molar refractivity (Wildman–Crippen MR) is 61.0 cm³/mol. The van der Waals surface area contributed by atoms with E-state index in [2.05, 4.69) is 4.98 Å². The van der Waals surface area contributed by atoms with Gasteiger partial charge >= 0.3 is 5.91 Å². The number of fused-ring (bicyclic) bond motifs is 1. The second kappa shape index (κ2) is 3.64. The van der Waals surface area contributed by atoms with E-state index in [1.54, 1.807) is 36.5 Å². The lowest BCUT2D eigenvalue weighted by Crippen LogP contribution is -2.43. The molecular weight excluding hydrogens is 220 g/mol. The number of para-hydroxylation sites is 2. The van der Waals surface area contributed by atoms with E-state index in [1.165, 1.54) is 4.90 Å². The average Bonchev–Trinajstić information content (AvgIpc) is 2.84. The van der Waals surface area contributed by atoms with Crippen molar-refractivity contribution in [1.29, 1.82) is 0 Å². The highest BCUT2D eigenvalue weighted by Crippen LogP contribution is 2.37. The molecule has 0 fully saturated rings. The second-order valence-corrected chi connectivity index (χ2v) is 3.67. The summed E-state index contributed by atoms with van der Waals surface area (Å²) >= 11 is 0. The zero-order chi connectivity index (χ0) is 11.8. The van der Waals surface area contributed by atoms with Gasteiger partial charge in [0.2, 0.25) is 0 Å². The van der Waals surface area contributed by atoms with E-state index in [-0.39, 0.29) is 0 Å². The molecule has 1 amide bonds. The Morgan fingerprint density at radius 2 is 2.06 bits per heavy atom. The van der Waals surface area contributed by atoms with Crippen molar-refractivity contribution in [2.75, 3.05) is 4.90 Å². The van der Waals surface area contributed by atoms with Gasteiger partial charge in [0, 0.05) is 6.20 Å². The fourth-order valence-electron chi connectivity index (χ4n) is 1.85. The van der Waals surface area contributed by atoms with Gasteiger partial charge in [-0.2, -0.15) is 0 Å². The third-order valence-corrected chi connectivity index (χ3v) is 2.60. The summed E-state index contributed by atoms with van der Waals surface area (Å²) in [5.74, 6) is 0.574. The molecule has 0 aliphatic carbocycles. The molecule has 2 heterocycles. The minimum absolute atomic E-state index is 0.481. The monoisotopic (exact) mass is 230 g/mol. The van der Waals surface area contributed by atoms with Gasteiger partial charge in [-0.1, -0.05) is 12.1 Å². The molecule has 86 valence electrons. The number of anilines is 2. The van der Waals surface area contributed by atoms with Crippen LogP contribution >= 0.6 is 0 Å². The number of aliphatic hydroxyl groups is 1. The van der Waals surface area contributed by atoms with E-state index in [0.29, 0.717) is 17.3 Å². The molecule has 17 heavy (non-hydrogen) atoms. The minimum atomic E-state index is -1.46. The van der Waals surface area contributed by atoms with Crippen molar-refractivity contribution in [2.45, 2.75) is 6.29 Å². The van der Waals surface area contributed by atoms with E-state index >= 15 is 0 Å². The molecule has 0 saturated heterocycles. The Bertz CT molecular complexity index is 551. The maximum Gasteiger partial charge on any atom is 0.302 e. The fraction of sp³-hybridized carbons (Fsp3) is 0.0833. The first kappa shape index (κ1) is 9.92. The smallest absolute Gasteiger partial charge is 0.302 e. The lowest BCUT2D eigenvalue weighted by molar-refractivity contribution is -0.141. The number of rotatable bonds is 1. The molecule has 0 saturated carbocycles. The van der Waals surface area contributed by atoms with E-state index in [1.807, 2.05) is 6.07 Å². The number of nitrogens with one attached hydrogen (secondary N) is 1. The number of aromatic amines is 1. The van der Waals surface area contributed by atoms with Crippen molar-refractivity contribution in [2.24, 2.45) is 0 Å². The van der Waals surface area contributed by atoms with E-state index in [0.717, 1.165) is 0 Å². The molecule has 1 atom stereocenters. The molecule has 1 aromatic carbocycles. The Balaban J connectivity index is 2.16. The number of aromatic nitrogens is 1. The predicted octanol–water partition coefficient (Wildman–Crippen LogP) is 1.39. The number of nitrogens with zero attached hydrogens (tertiary/aromatic N) is 1. The standard InChI is InChI=1S/C12H10N2O3/c15-11-12(16)17-9-5-2-1-4-8(9)14(11)10-6-3-7-13-10/h1-7,12-13,16H. The first-order valence-corrected chi connectivity index (χ1v) is 5.18. The van der Waals surface area contributed by atoms with Crippen LogP contribution in [-0.4, -0.2) is 22.3 Å². The summed E-state index contributed by atoms with van der Waals surface area (Å²) < 4.78 is 5.12. The zero-order valence-electron chi connectivity index (χ0n) is 8.83. The van der Waals surface area contributed by atoms with Crippen LogP contribution in [0.1, 0.15) is 0 Å². The summed E-state index contributed by atoms with van der Waals surface area (Å²) in [5, 5.41) is 9.57. The molecule has 1 aliphatic heterocycles. The highest BCUT2D eigenvalue weighted by Gasteiger charge is 2.34. The van der Waals surface area contributed by atoms with E-state index in [9.17, 15) is 9.90 Å². The Labute approximate surface area is 97.3 Å². The van der Waals surface area contributed by atoms with Crippen molar-refractivity contribution < 1.29 is 14.6 Å². The van der Waals surface area contributed by atoms with Gasteiger partial charge in [-0.05, 0) is 24.3 Å². The van der Waals surface area contributed by atoms with Gasteiger partial charge in [0.1, 0.15) is 11.6 Å². The number of hydrogen-bond donors (Lipinski definition) is 2. The molecule has 3 rings (SSSR count). The van der Waals surface area contributed by atoms with Crippen LogP contribution in [-0.2, 0) is 4.79 Å². The zero-order valence-corrected chi connectivity index (χ0v) is 8.83. The van der Waals surface area contributed by atoms with Crippen LogP contribution in [0, 0.1) is 0 Å². The SMILES string of the molecule is O=C1C(O)Oc2ccccc2N1c1ccc[nH]1. The van der Waals surface area contributed by atoms with Gasteiger partial charge in [0.25, 0.3) is 6.29 Å². The molecule has 2 aromatic rings. The first-order chi connectivity index (χ1) is 8.27. The minimum Gasteiger partial charge on any atom is -0.453 e. The maximum atomic E-state index is 11.9. The largest absolute Gasteiger partial charge is 0.453 e. The normalized spacial score (nSPS) is 18.8. The molecule has 0 spiro atoms. The van der Waals surface area contributed by atoms with Crippen molar-refractivity contribution in [1.82, 2.24) is 4.98 Å². The number of carbonyl (C=O) groups is 1. The third kappa shape index (κ3) is 1.48. The number of hydrogen-bond acceptors (Lipinski definition) is 3. The molecule has 0 bridgehead atoms. The van der Waals surface area contributed by atoms with Gasteiger partial charge in [-0.3, -0.25) is 9.69 Å². The van der Waals surface area contributed by atoms with Crippen molar-refractivity contribution in [3.05, 3.63) is 42.6 Å². The van der Waals surface area contributed by atoms with Crippen LogP contribution in [0.25, 0.3) is 0 Å². The van der Waals surface area contributed by atoms with Gasteiger partial charge in [0.15, 0.2) is 0 Å². The summed E-state index contributed by atoms with van der Waals surface area (Å²) in [4.78, 5) is 16.3. The first-order valence-electron chi connectivity index (χ1n) is 5.18. The average molecular weight is 230 g/mol. The number of ether oxygens (including phenoxy) is 1. The van der Waals surface area contributed by atoms with Crippen LogP contribution < -0.4 is 9.64 Å². The topological polar surface area (TPSA) is 65.6 Å². The molecule has 1 aromatic heterocycles. The van der Waals surface area contributed by atoms with Gasteiger partial charge < -0.3 is 14.8 Å².